The first kappa shape index (κ1) is 10.6. The zero-order valence-corrected chi connectivity index (χ0v) is 8.89. The van der Waals surface area contributed by atoms with E-state index in [0.717, 1.165) is 31.1 Å². The summed E-state index contributed by atoms with van der Waals surface area (Å²) in [4.78, 5) is 4.17. The van der Waals surface area contributed by atoms with Gasteiger partial charge >= 0.3 is 0 Å². The highest BCUT2D eigenvalue weighted by Crippen LogP contribution is 2.04. The molecule has 4 heteroatoms. The van der Waals surface area contributed by atoms with E-state index in [1.54, 1.807) is 0 Å². The van der Waals surface area contributed by atoms with E-state index in [9.17, 15) is 0 Å². The van der Waals surface area contributed by atoms with Gasteiger partial charge in [0.15, 0.2) is 0 Å². The molecule has 0 fully saturated rings. The fourth-order valence-corrected chi connectivity index (χ4v) is 1.99. The second-order valence-electron chi connectivity index (χ2n) is 2.92. The van der Waals surface area contributed by atoms with Gasteiger partial charge in [0, 0.05) is 24.7 Å². The molecule has 0 aliphatic carbocycles. The van der Waals surface area contributed by atoms with Gasteiger partial charge in [-0.25, -0.2) is 4.98 Å². The minimum atomic E-state index is 0.803. The third kappa shape index (κ3) is 3.83. The van der Waals surface area contributed by atoms with Crippen molar-refractivity contribution in [2.75, 3.05) is 18.1 Å². The Morgan fingerprint density at radius 2 is 2.38 bits per heavy atom. The van der Waals surface area contributed by atoms with E-state index in [-0.39, 0.29) is 0 Å². The van der Waals surface area contributed by atoms with Crippen LogP contribution in [0, 0.1) is 6.92 Å². The normalized spacial score (nSPS) is 10.6. The Morgan fingerprint density at radius 1 is 1.54 bits per heavy atom. The van der Waals surface area contributed by atoms with Crippen LogP contribution in [0.5, 0.6) is 0 Å². The van der Waals surface area contributed by atoms with Crippen molar-refractivity contribution in [1.29, 1.82) is 0 Å². The lowest BCUT2D eigenvalue weighted by atomic mass is 10.5. The summed E-state index contributed by atoms with van der Waals surface area (Å²) in [7, 11) is 0. The standard InChI is InChI=1S/C9H17N3S/c1-9-11-4-5-12(9)6-8-13-7-2-3-10/h4-5H,2-3,6-8,10H2,1H3. The zero-order chi connectivity index (χ0) is 9.52. The van der Waals surface area contributed by atoms with Crippen molar-refractivity contribution in [3.05, 3.63) is 18.2 Å². The number of hydrogen-bond acceptors (Lipinski definition) is 3. The second-order valence-corrected chi connectivity index (χ2v) is 4.15. The second kappa shape index (κ2) is 6.05. The van der Waals surface area contributed by atoms with Crippen LogP contribution < -0.4 is 5.73 Å². The summed E-state index contributed by atoms with van der Waals surface area (Å²) < 4.78 is 2.18. The summed E-state index contributed by atoms with van der Waals surface area (Å²) in [5.41, 5.74) is 5.40. The molecule has 0 saturated heterocycles. The van der Waals surface area contributed by atoms with Crippen LogP contribution in [0.4, 0.5) is 0 Å². The van der Waals surface area contributed by atoms with Crippen molar-refractivity contribution in [1.82, 2.24) is 9.55 Å². The van der Waals surface area contributed by atoms with Crippen LogP contribution in [-0.4, -0.2) is 27.6 Å². The molecule has 1 rings (SSSR count). The molecule has 0 aliphatic heterocycles. The minimum Gasteiger partial charge on any atom is -0.334 e. The molecule has 1 aromatic rings. The number of aryl methyl sites for hydroxylation is 2. The summed E-state index contributed by atoms with van der Waals surface area (Å²) in [6, 6.07) is 0. The van der Waals surface area contributed by atoms with Gasteiger partial charge in [-0.15, -0.1) is 0 Å². The molecular formula is C9H17N3S. The average Bonchev–Trinajstić information content (AvgIpc) is 2.52. The quantitative estimate of drug-likeness (QED) is 0.702. The van der Waals surface area contributed by atoms with Crippen molar-refractivity contribution < 1.29 is 0 Å². The van der Waals surface area contributed by atoms with Gasteiger partial charge in [-0.3, -0.25) is 0 Å². The molecule has 1 aromatic heterocycles. The van der Waals surface area contributed by atoms with Crippen LogP contribution in [-0.2, 0) is 6.54 Å². The van der Waals surface area contributed by atoms with Crippen molar-refractivity contribution in [2.45, 2.75) is 19.9 Å². The molecule has 1 heterocycles. The highest BCUT2D eigenvalue weighted by molar-refractivity contribution is 7.99. The SMILES string of the molecule is Cc1nccn1CCSCCCN. The fraction of sp³-hybridized carbons (Fsp3) is 0.667. The molecule has 3 nitrogen and oxygen atoms in total. The van der Waals surface area contributed by atoms with Crippen LogP contribution in [0.2, 0.25) is 0 Å². The van der Waals surface area contributed by atoms with E-state index in [2.05, 4.69) is 9.55 Å². The van der Waals surface area contributed by atoms with Crippen LogP contribution in [0.3, 0.4) is 0 Å². The molecule has 0 atom stereocenters. The van der Waals surface area contributed by atoms with Gasteiger partial charge in [0.05, 0.1) is 0 Å². The minimum absolute atomic E-state index is 0.803. The van der Waals surface area contributed by atoms with Crippen LogP contribution in [0.1, 0.15) is 12.2 Å². The van der Waals surface area contributed by atoms with Gasteiger partial charge in [-0.2, -0.15) is 11.8 Å². The van der Waals surface area contributed by atoms with Gasteiger partial charge in [-0.1, -0.05) is 0 Å². The molecule has 0 radical (unpaired) electrons. The monoisotopic (exact) mass is 199 g/mol. The number of nitrogens with zero attached hydrogens (tertiary/aromatic N) is 2. The molecule has 0 bridgehead atoms. The lowest BCUT2D eigenvalue weighted by Gasteiger charge is -2.03. The largest absolute Gasteiger partial charge is 0.334 e. The highest BCUT2D eigenvalue weighted by Gasteiger charge is 1.95. The summed E-state index contributed by atoms with van der Waals surface area (Å²) in [5.74, 6) is 3.42. The first-order chi connectivity index (χ1) is 6.34. The molecule has 0 amide bonds. The number of nitrogens with two attached hydrogens (primary N) is 1. The third-order valence-corrected chi connectivity index (χ3v) is 2.94. The molecule has 2 N–H and O–H groups in total. The van der Waals surface area contributed by atoms with Gasteiger partial charge in [-0.05, 0) is 25.6 Å². The zero-order valence-electron chi connectivity index (χ0n) is 8.07. The number of aromatic nitrogens is 2. The molecule has 0 saturated carbocycles. The van der Waals surface area contributed by atoms with Crippen LogP contribution in [0.15, 0.2) is 12.4 Å². The fourth-order valence-electron chi connectivity index (χ4n) is 1.09. The lowest BCUT2D eigenvalue weighted by Crippen LogP contribution is -2.03. The maximum Gasteiger partial charge on any atom is 0.105 e. The smallest absolute Gasteiger partial charge is 0.105 e. The molecule has 0 unspecified atom stereocenters. The summed E-state index contributed by atoms with van der Waals surface area (Å²) in [6.45, 7) is 3.89. The Hall–Kier alpha value is -0.480. The molecular weight excluding hydrogens is 182 g/mol. The molecule has 0 aliphatic rings. The molecule has 0 aromatic carbocycles. The van der Waals surface area contributed by atoms with Crippen molar-refractivity contribution >= 4 is 11.8 Å². The van der Waals surface area contributed by atoms with Crippen molar-refractivity contribution in [3.63, 3.8) is 0 Å². The van der Waals surface area contributed by atoms with E-state index in [4.69, 9.17) is 5.73 Å². The Kier molecular flexibility index (Phi) is 4.93. The first-order valence-electron chi connectivity index (χ1n) is 4.60. The van der Waals surface area contributed by atoms with Crippen LogP contribution in [0.25, 0.3) is 0 Å². The third-order valence-electron chi connectivity index (χ3n) is 1.89. The molecule has 0 spiro atoms. The van der Waals surface area contributed by atoms with E-state index < -0.39 is 0 Å². The van der Waals surface area contributed by atoms with Crippen molar-refractivity contribution in [3.8, 4) is 0 Å². The van der Waals surface area contributed by atoms with E-state index >= 15 is 0 Å². The van der Waals surface area contributed by atoms with Crippen LogP contribution >= 0.6 is 11.8 Å². The van der Waals surface area contributed by atoms with E-state index in [0.29, 0.717) is 0 Å². The number of hydrogen-bond donors (Lipinski definition) is 1. The maximum atomic E-state index is 5.40. The highest BCUT2D eigenvalue weighted by atomic mass is 32.2. The molecule has 74 valence electrons. The van der Waals surface area contributed by atoms with Gasteiger partial charge in [0.25, 0.3) is 0 Å². The molecule has 13 heavy (non-hydrogen) atoms. The summed E-state index contributed by atoms with van der Waals surface area (Å²) >= 11 is 1.96. The van der Waals surface area contributed by atoms with E-state index in [1.807, 2.05) is 31.1 Å². The first-order valence-corrected chi connectivity index (χ1v) is 5.75. The summed E-state index contributed by atoms with van der Waals surface area (Å²) in [6.07, 6.45) is 4.99. The lowest BCUT2D eigenvalue weighted by molar-refractivity contribution is 0.737. The number of thioether (sulfide) groups is 1. The predicted octanol–water partition coefficient (Wildman–Crippen LogP) is 1.27. The topological polar surface area (TPSA) is 43.8 Å². The Labute approximate surface area is 83.7 Å². The van der Waals surface area contributed by atoms with E-state index in [1.165, 1.54) is 5.75 Å². The van der Waals surface area contributed by atoms with Gasteiger partial charge < -0.3 is 10.3 Å². The Bertz CT molecular complexity index is 235. The van der Waals surface area contributed by atoms with Gasteiger partial charge in [0.1, 0.15) is 5.82 Å². The Morgan fingerprint density at radius 3 is 3.00 bits per heavy atom. The van der Waals surface area contributed by atoms with Crippen molar-refractivity contribution in [2.24, 2.45) is 5.73 Å². The number of imidazole rings is 1. The number of rotatable bonds is 6. The predicted molar refractivity (Wildman–Crippen MR) is 58.0 cm³/mol. The Balaban J connectivity index is 2.10. The summed E-state index contributed by atoms with van der Waals surface area (Å²) in [5, 5.41) is 0. The average molecular weight is 199 g/mol. The van der Waals surface area contributed by atoms with Gasteiger partial charge in [0.2, 0.25) is 0 Å². The maximum absolute atomic E-state index is 5.40.